The molecular formula is C6H15NO4. The monoisotopic (exact) mass is 165 g/mol. The molecule has 0 saturated heterocycles. The third-order valence-corrected chi connectivity index (χ3v) is 0.611. The minimum atomic E-state index is -1.46. The molecule has 0 aromatic heterocycles. The van der Waals surface area contributed by atoms with Gasteiger partial charge in [-0.3, -0.25) is 0 Å². The normalized spacial score (nSPS) is 7.91. The van der Waals surface area contributed by atoms with E-state index in [1.165, 1.54) is 0 Å². The van der Waals surface area contributed by atoms with E-state index in [0.29, 0.717) is 0 Å². The number of quaternary nitrogens is 1. The average molecular weight is 165 g/mol. The Balaban J connectivity index is 0. The summed E-state index contributed by atoms with van der Waals surface area (Å²) in [5.74, 6) is 0. The van der Waals surface area contributed by atoms with Crippen LogP contribution >= 0.6 is 0 Å². The molecule has 11 heavy (non-hydrogen) atoms. The smallest absolute Gasteiger partial charge is 0.251 e. The Kier molecular flexibility index (Phi) is 13.9. The van der Waals surface area contributed by atoms with Gasteiger partial charge in [0.2, 0.25) is 0 Å². The summed E-state index contributed by atoms with van der Waals surface area (Å²) >= 11 is 0. The quantitative estimate of drug-likeness (QED) is 0.502. The molecule has 0 spiro atoms. The first-order valence-corrected chi connectivity index (χ1v) is 3.31. The number of ether oxygens (including phenoxy) is 2. The zero-order valence-corrected chi connectivity index (χ0v) is 6.96. The number of carbonyl (C=O) groups is 1. The van der Waals surface area contributed by atoms with Crippen LogP contribution in [-0.4, -0.2) is 33.0 Å². The average Bonchev–Trinajstić information content (AvgIpc) is 1.90. The predicted molar refractivity (Wildman–Crippen MR) is 36.7 cm³/mol. The third-order valence-electron chi connectivity index (χ3n) is 0.611. The highest BCUT2D eigenvalue weighted by Crippen LogP contribution is 1.65. The summed E-state index contributed by atoms with van der Waals surface area (Å²) in [5.41, 5.74) is 3.55. The highest BCUT2D eigenvalue weighted by Gasteiger charge is 1.70. The second-order valence-corrected chi connectivity index (χ2v) is 1.53. The summed E-state index contributed by atoms with van der Waals surface area (Å²) in [7, 11) is 1.67. The maximum absolute atomic E-state index is 9.27. The number of hydrogen-bond donors (Lipinski definition) is 1. The van der Waals surface area contributed by atoms with Crippen LogP contribution in [0.3, 0.4) is 0 Å². The van der Waals surface area contributed by atoms with E-state index in [4.69, 9.17) is 0 Å². The fraction of sp³-hybridized carbons (Fsp3) is 0.833. The molecule has 0 aliphatic heterocycles. The molecule has 0 heterocycles. The second kappa shape index (κ2) is 11.9. The van der Waals surface area contributed by atoms with Crippen LogP contribution in [0.15, 0.2) is 0 Å². The minimum Gasteiger partial charge on any atom is -0.550 e. The van der Waals surface area contributed by atoms with E-state index in [-0.39, 0.29) is 6.61 Å². The fourth-order valence-electron chi connectivity index (χ4n) is 0.262. The minimum absolute atomic E-state index is 0.169. The largest absolute Gasteiger partial charge is 0.550 e. The molecule has 0 amide bonds. The van der Waals surface area contributed by atoms with Crippen LogP contribution in [0.25, 0.3) is 0 Å². The second-order valence-electron chi connectivity index (χ2n) is 1.53. The van der Waals surface area contributed by atoms with Gasteiger partial charge >= 0.3 is 0 Å². The summed E-state index contributed by atoms with van der Waals surface area (Å²) < 4.78 is 8.48. The zero-order chi connectivity index (χ0) is 9.11. The zero-order valence-electron chi connectivity index (χ0n) is 6.96. The molecule has 0 fully saturated rings. The maximum atomic E-state index is 9.27. The van der Waals surface area contributed by atoms with Crippen LogP contribution in [0.5, 0.6) is 0 Å². The first-order chi connectivity index (χ1) is 5.18. The Bertz CT molecular complexity index is 84.7. The molecule has 0 radical (unpaired) electrons. The summed E-state index contributed by atoms with van der Waals surface area (Å²) in [6, 6.07) is 0. The molecule has 5 nitrogen and oxygen atoms in total. The molecule has 3 N–H and O–H groups in total. The van der Waals surface area contributed by atoms with Gasteiger partial charge in [0.15, 0.2) is 0 Å². The van der Waals surface area contributed by atoms with Gasteiger partial charge in [0.05, 0.1) is 13.2 Å². The van der Waals surface area contributed by atoms with Crippen LogP contribution in [0.2, 0.25) is 0 Å². The lowest BCUT2D eigenvalue weighted by molar-refractivity contribution is -0.373. The first kappa shape index (κ1) is 12.8. The van der Waals surface area contributed by atoms with Gasteiger partial charge in [-0.05, 0) is 6.92 Å². The van der Waals surface area contributed by atoms with E-state index in [0.717, 1.165) is 13.2 Å². The van der Waals surface area contributed by atoms with Crippen molar-refractivity contribution in [3.05, 3.63) is 0 Å². The fourth-order valence-corrected chi connectivity index (χ4v) is 0.262. The molecule has 0 unspecified atom stereocenters. The van der Waals surface area contributed by atoms with Gasteiger partial charge < -0.3 is 25.1 Å². The predicted octanol–water partition coefficient (Wildman–Crippen LogP) is -1.76. The Labute approximate surface area is 66.1 Å². The molecule has 0 saturated carbocycles. The number of rotatable bonds is 3. The van der Waals surface area contributed by atoms with Crippen molar-refractivity contribution in [2.75, 3.05) is 26.9 Å². The van der Waals surface area contributed by atoms with Crippen LogP contribution in [-0.2, 0) is 9.47 Å². The standard InChI is InChI=1S/C3H9NO.C3H6O3/c1-5-3-2-4;1-2-6-3(4)5/h2-4H2,1H3;2H2,1H3,(H,4,5). The Morgan fingerprint density at radius 2 is 2.18 bits per heavy atom. The lowest BCUT2D eigenvalue weighted by atomic mass is 10.7. The Hall–Kier alpha value is -0.810. The van der Waals surface area contributed by atoms with Gasteiger partial charge in [-0.15, -0.1) is 0 Å². The van der Waals surface area contributed by atoms with Gasteiger partial charge in [-0.2, -0.15) is 0 Å². The van der Waals surface area contributed by atoms with Crippen molar-refractivity contribution in [1.82, 2.24) is 0 Å². The van der Waals surface area contributed by atoms with Crippen molar-refractivity contribution in [2.24, 2.45) is 0 Å². The molecule has 0 aromatic rings. The van der Waals surface area contributed by atoms with Gasteiger partial charge in [0.25, 0.3) is 6.16 Å². The summed E-state index contributed by atoms with van der Waals surface area (Å²) in [6.07, 6.45) is -1.46. The van der Waals surface area contributed by atoms with E-state index in [1.54, 1.807) is 14.0 Å². The Morgan fingerprint density at radius 1 is 1.64 bits per heavy atom. The molecule has 5 heteroatoms. The molecule has 68 valence electrons. The van der Waals surface area contributed by atoms with Gasteiger partial charge in [0.1, 0.15) is 0 Å². The van der Waals surface area contributed by atoms with Crippen LogP contribution in [0.4, 0.5) is 4.79 Å². The van der Waals surface area contributed by atoms with Crippen molar-refractivity contribution in [3.8, 4) is 0 Å². The van der Waals surface area contributed by atoms with Crippen LogP contribution in [0, 0.1) is 0 Å². The SMILES string of the molecule is CCOC(=O)[O-].COCC[NH3+]. The maximum Gasteiger partial charge on any atom is 0.251 e. The van der Waals surface area contributed by atoms with Crippen molar-refractivity contribution >= 4 is 6.16 Å². The van der Waals surface area contributed by atoms with E-state index in [2.05, 4.69) is 15.2 Å². The topological polar surface area (TPSA) is 86.2 Å². The van der Waals surface area contributed by atoms with E-state index >= 15 is 0 Å². The molecule has 0 atom stereocenters. The molecule has 0 aliphatic rings. The number of carboxylic acid groups (broad SMARTS) is 1. The number of hydrogen-bond acceptors (Lipinski definition) is 4. The molecule has 0 bridgehead atoms. The van der Waals surface area contributed by atoms with Crippen molar-refractivity contribution in [1.29, 1.82) is 0 Å². The van der Waals surface area contributed by atoms with Gasteiger partial charge in [0, 0.05) is 13.7 Å². The van der Waals surface area contributed by atoms with Gasteiger partial charge in [-0.1, -0.05) is 0 Å². The van der Waals surface area contributed by atoms with E-state index < -0.39 is 6.16 Å². The van der Waals surface area contributed by atoms with Crippen molar-refractivity contribution in [2.45, 2.75) is 6.92 Å². The molecule has 0 aliphatic carbocycles. The number of carbonyl (C=O) groups excluding carboxylic acids is 1. The van der Waals surface area contributed by atoms with Crippen molar-refractivity contribution in [3.63, 3.8) is 0 Å². The van der Waals surface area contributed by atoms with E-state index in [1.807, 2.05) is 0 Å². The number of methoxy groups -OCH3 is 1. The highest BCUT2D eigenvalue weighted by atomic mass is 16.7. The summed E-state index contributed by atoms with van der Waals surface area (Å²) in [5, 5.41) is 9.27. The van der Waals surface area contributed by atoms with E-state index in [9.17, 15) is 9.90 Å². The Morgan fingerprint density at radius 3 is 2.18 bits per heavy atom. The molecular weight excluding hydrogens is 150 g/mol. The van der Waals surface area contributed by atoms with Crippen molar-refractivity contribution < 1.29 is 25.1 Å². The summed E-state index contributed by atoms with van der Waals surface area (Å²) in [4.78, 5) is 9.27. The summed E-state index contributed by atoms with van der Waals surface area (Å²) in [6.45, 7) is 3.40. The lowest BCUT2D eigenvalue weighted by Gasteiger charge is -1.99. The molecule has 0 rings (SSSR count). The molecule has 0 aromatic carbocycles. The van der Waals surface area contributed by atoms with Crippen LogP contribution < -0.4 is 10.8 Å². The lowest BCUT2D eigenvalue weighted by Crippen LogP contribution is -2.52. The van der Waals surface area contributed by atoms with Gasteiger partial charge in [-0.25, -0.2) is 0 Å². The first-order valence-electron chi connectivity index (χ1n) is 3.31. The highest BCUT2D eigenvalue weighted by molar-refractivity contribution is 5.53. The third kappa shape index (κ3) is 27.1. The van der Waals surface area contributed by atoms with Crippen LogP contribution in [0.1, 0.15) is 6.92 Å².